The van der Waals surface area contributed by atoms with Gasteiger partial charge < -0.3 is 5.32 Å². The Morgan fingerprint density at radius 2 is 2.23 bits per heavy atom. The van der Waals surface area contributed by atoms with Gasteiger partial charge in [0.1, 0.15) is 0 Å². The maximum atomic E-state index is 3.65. The fourth-order valence-corrected chi connectivity index (χ4v) is 2.34. The van der Waals surface area contributed by atoms with Gasteiger partial charge in [0.15, 0.2) is 0 Å². The molecule has 1 heterocycles. The van der Waals surface area contributed by atoms with Crippen molar-refractivity contribution in [2.45, 2.75) is 51.1 Å². The molecule has 2 heteroatoms. The summed E-state index contributed by atoms with van der Waals surface area (Å²) in [6.07, 6.45) is 6.92. The lowest BCUT2D eigenvalue weighted by atomic mass is 10.1. The lowest BCUT2D eigenvalue weighted by Crippen LogP contribution is -2.38. The summed E-state index contributed by atoms with van der Waals surface area (Å²) in [5.41, 5.74) is 0. The van der Waals surface area contributed by atoms with Crippen LogP contribution in [0.1, 0.15) is 39.0 Å². The molecule has 2 rings (SSSR count). The Morgan fingerprint density at radius 1 is 1.38 bits per heavy atom. The zero-order valence-corrected chi connectivity index (χ0v) is 8.76. The number of hydrogen-bond donors (Lipinski definition) is 1. The van der Waals surface area contributed by atoms with Crippen LogP contribution in [0.2, 0.25) is 0 Å². The Labute approximate surface area is 81.7 Å². The Balaban J connectivity index is 1.82. The molecule has 0 aromatic rings. The summed E-state index contributed by atoms with van der Waals surface area (Å²) < 4.78 is 0. The first kappa shape index (κ1) is 9.47. The van der Waals surface area contributed by atoms with E-state index < -0.39 is 0 Å². The molecule has 2 nitrogen and oxygen atoms in total. The fraction of sp³-hybridized carbons (Fsp3) is 1.00. The summed E-state index contributed by atoms with van der Waals surface area (Å²) in [5, 5.41) is 3.65. The first-order valence-electron chi connectivity index (χ1n) is 5.87. The lowest BCUT2D eigenvalue weighted by molar-refractivity contribution is 0.253. The van der Waals surface area contributed by atoms with E-state index >= 15 is 0 Å². The Morgan fingerprint density at radius 3 is 2.92 bits per heavy atom. The van der Waals surface area contributed by atoms with Crippen molar-refractivity contribution in [2.75, 3.05) is 19.6 Å². The molecule has 0 amide bonds. The number of hydrogen-bond acceptors (Lipinski definition) is 2. The van der Waals surface area contributed by atoms with E-state index in [1.54, 1.807) is 0 Å². The molecular formula is C11H22N2. The van der Waals surface area contributed by atoms with Crippen LogP contribution in [0.3, 0.4) is 0 Å². The molecule has 1 aliphatic carbocycles. The average molecular weight is 182 g/mol. The van der Waals surface area contributed by atoms with Gasteiger partial charge in [-0.05, 0) is 38.8 Å². The summed E-state index contributed by atoms with van der Waals surface area (Å²) in [6, 6.07) is 1.73. The van der Waals surface area contributed by atoms with Crippen molar-refractivity contribution in [3.63, 3.8) is 0 Å². The summed E-state index contributed by atoms with van der Waals surface area (Å²) in [7, 11) is 0. The van der Waals surface area contributed by atoms with Gasteiger partial charge in [-0.2, -0.15) is 0 Å². The predicted molar refractivity (Wildman–Crippen MR) is 55.9 cm³/mol. The Hall–Kier alpha value is -0.0800. The monoisotopic (exact) mass is 182 g/mol. The molecule has 0 aromatic carbocycles. The minimum Gasteiger partial charge on any atom is -0.313 e. The zero-order chi connectivity index (χ0) is 9.10. The van der Waals surface area contributed by atoms with E-state index in [0.29, 0.717) is 0 Å². The summed E-state index contributed by atoms with van der Waals surface area (Å²) >= 11 is 0. The third-order valence-corrected chi connectivity index (χ3v) is 3.21. The molecule has 1 saturated heterocycles. The van der Waals surface area contributed by atoms with Crippen molar-refractivity contribution in [3.8, 4) is 0 Å². The molecule has 1 unspecified atom stereocenters. The van der Waals surface area contributed by atoms with Crippen molar-refractivity contribution in [3.05, 3.63) is 0 Å². The molecule has 0 radical (unpaired) electrons. The van der Waals surface area contributed by atoms with Gasteiger partial charge in [-0.1, -0.05) is 13.3 Å². The van der Waals surface area contributed by atoms with Gasteiger partial charge in [-0.25, -0.2) is 0 Å². The van der Waals surface area contributed by atoms with Crippen LogP contribution < -0.4 is 5.32 Å². The zero-order valence-electron chi connectivity index (χ0n) is 8.76. The first-order chi connectivity index (χ1) is 6.40. The highest BCUT2D eigenvalue weighted by atomic mass is 15.2. The molecule has 1 saturated carbocycles. The Bertz CT molecular complexity index is 154. The van der Waals surface area contributed by atoms with Gasteiger partial charge in [0.05, 0.1) is 0 Å². The van der Waals surface area contributed by atoms with Gasteiger partial charge in [0, 0.05) is 18.6 Å². The molecule has 76 valence electrons. The van der Waals surface area contributed by atoms with Crippen molar-refractivity contribution < 1.29 is 0 Å². The molecule has 1 atom stereocenters. The van der Waals surface area contributed by atoms with Crippen molar-refractivity contribution in [1.82, 2.24) is 10.2 Å². The summed E-state index contributed by atoms with van der Waals surface area (Å²) in [6.45, 7) is 6.15. The van der Waals surface area contributed by atoms with Crippen LogP contribution in [-0.4, -0.2) is 36.6 Å². The minimum atomic E-state index is 0.771. The number of nitrogens with zero attached hydrogens (tertiary/aromatic N) is 1. The van der Waals surface area contributed by atoms with E-state index in [0.717, 1.165) is 12.1 Å². The van der Waals surface area contributed by atoms with Crippen LogP contribution in [0.25, 0.3) is 0 Å². The van der Waals surface area contributed by atoms with Crippen LogP contribution in [0.4, 0.5) is 0 Å². The van der Waals surface area contributed by atoms with Gasteiger partial charge >= 0.3 is 0 Å². The molecule has 1 aliphatic heterocycles. The van der Waals surface area contributed by atoms with Crippen molar-refractivity contribution >= 4 is 0 Å². The van der Waals surface area contributed by atoms with E-state index in [-0.39, 0.29) is 0 Å². The highest BCUT2D eigenvalue weighted by Gasteiger charge is 2.30. The van der Waals surface area contributed by atoms with Crippen LogP contribution in [-0.2, 0) is 0 Å². The molecule has 1 N–H and O–H groups in total. The molecule has 0 spiro atoms. The van der Waals surface area contributed by atoms with Gasteiger partial charge in [-0.3, -0.25) is 4.90 Å². The van der Waals surface area contributed by atoms with E-state index in [4.69, 9.17) is 0 Å². The van der Waals surface area contributed by atoms with E-state index in [1.807, 2.05) is 0 Å². The second kappa shape index (κ2) is 4.43. The average Bonchev–Trinajstić information content (AvgIpc) is 2.90. The predicted octanol–water partition coefficient (Wildman–Crippen LogP) is 1.61. The highest BCUT2D eigenvalue weighted by molar-refractivity contribution is 4.88. The summed E-state index contributed by atoms with van der Waals surface area (Å²) in [5.74, 6) is 0. The highest BCUT2D eigenvalue weighted by Crippen LogP contribution is 2.27. The molecule has 0 bridgehead atoms. The number of rotatable bonds is 3. The smallest absolute Gasteiger partial charge is 0.0195 e. The molecular weight excluding hydrogens is 160 g/mol. The van der Waals surface area contributed by atoms with Gasteiger partial charge in [-0.15, -0.1) is 0 Å². The molecule has 2 fully saturated rings. The Kier molecular flexibility index (Phi) is 3.23. The van der Waals surface area contributed by atoms with E-state index in [9.17, 15) is 0 Å². The first-order valence-corrected chi connectivity index (χ1v) is 5.87. The van der Waals surface area contributed by atoms with Crippen LogP contribution in [0, 0.1) is 0 Å². The quantitative estimate of drug-likeness (QED) is 0.713. The maximum Gasteiger partial charge on any atom is 0.0195 e. The van der Waals surface area contributed by atoms with Crippen molar-refractivity contribution in [2.24, 2.45) is 0 Å². The fourth-order valence-electron chi connectivity index (χ4n) is 2.34. The van der Waals surface area contributed by atoms with Crippen LogP contribution >= 0.6 is 0 Å². The SMILES string of the molecule is CCCC1CN(C2CC2)CCCN1. The van der Waals surface area contributed by atoms with Gasteiger partial charge in [0.2, 0.25) is 0 Å². The minimum absolute atomic E-state index is 0.771. The normalized spacial score (nSPS) is 31.6. The van der Waals surface area contributed by atoms with Crippen LogP contribution in [0.15, 0.2) is 0 Å². The lowest BCUT2D eigenvalue weighted by Gasteiger charge is -2.23. The van der Waals surface area contributed by atoms with Crippen LogP contribution in [0.5, 0.6) is 0 Å². The largest absolute Gasteiger partial charge is 0.313 e. The molecule has 13 heavy (non-hydrogen) atoms. The van der Waals surface area contributed by atoms with E-state index in [1.165, 1.54) is 51.7 Å². The topological polar surface area (TPSA) is 15.3 Å². The molecule has 2 aliphatic rings. The third-order valence-electron chi connectivity index (χ3n) is 3.21. The van der Waals surface area contributed by atoms with E-state index in [2.05, 4.69) is 17.1 Å². The standard InChI is InChI=1S/C11H22N2/c1-2-4-10-9-13(11-5-6-11)8-3-7-12-10/h10-12H,2-9H2,1H3. The molecule has 0 aromatic heterocycles. The second-order valence-corrected chi connectivity index (χ2v) is 4.52. The van der Waals surface area contributed by atoms with Gasteiger partial charge in [0.25, 0.3) is 0 Å². The number of nitrogens with one attached hydrogen (secondary N) is 1. The summed E-state index contributed by atoms with van der Waals surface area (Å²) in [4.78, 5) is 2.71. The maximum absolute atomic E-state index is 3.65. The third kappa shape index (κ3) is 2.68. The van der Waals surface area contributed by atoms with Crippen molar-refractivity contribution in [1.29, 1.82) is 0 Å². The second-order valence-electron chi connectivity index (χ2n) is 4.52.